The van der Waals surface area contributed by atoms with Crippen molar-refractivity contribution in [2.75, 3.05) is 6.54 Å². The number of carbonyl (C=O) groups is 2. The molecule has 0 aliphatic heterocycles. The molecule has 2 unspecified atom stereocenters. The number of nitrogens with one attached hydrogen (secondary N) is 1. The summed E-state index contributed by atoms with van der Waals surface area (Å²) in [4.78, 5) is 27.2. The van der Waals surface area contributed by atoms with Gasteiger partial charge in [-0.15, -0.1) is 0 Å². The molecule has 108 valence electrons. The monoisotopic (exact) mass is 340 g/mol. The Morgan fingerprint density at radius 2 is 2.15 bits per heavy atom. The second-order valence-electron chi connectivity index (χ2n) is 5.07. The van der Waals surface area contributed by atoms with E-state index in [-0.39, 0.29) is 17.7 Å². The van der Waals surface area contributed by atoms with Gasteiger partial charge in [-0.3, -0.25) is 9.59 Å². The summed E-state index contributed by atoms with van der Waals surface area (Å²) in [6.45, 7) is 0.412. The molecule has 2 N–H and O–H groups in total. The highest BCUT2D eigenvalue weighted by molar-refractivity contribution is 9.10. The molecule has 1 fully saturated rings. The van der Waals surface area contributed by atoms with Crippen LogP contribution in [0.25, 0.3) is 0 Å². The fourth-order valence-electron chi connectivity index (χ4n) is 2.65. The molecule has 2 rings (SSSR count). The lowest BCUT2D eigenvalue weighted by Crippen LogP contribution is -2.37. The van der Waals surface area contributed by atoms with Gasteiger partial charge in [0.25, 0.3) is 5.91 Å². The van der Waals surface area contributed by atoms with Gasteiger partial charge in [0.2, 0.25) is 0 Å². The van der Waals surface area contributed by atoms with Crippen LogP contribution in [0.15, 0.2) is 22.9 Å². The second-order valence-corrected chi connectivity index (χ2v) is 5.88. The van der Waals surface area contributed by atoms with Crippen molar-refractivity contribution in [3.8, 4) is 0 Å². The smallest absolute Gasteiger partial charge is 0.306 e. The van der Waals surface area contributed by atoms with Crippen molar-refractivity contribution in [2.45, 2.75) is 25.7 Å². The first-order valence-electron chi connectivity index (χ1n) is 6.70. The van der Waals surface area contributed by atoms with Gasteiger partial charge in [0.1, 0.15) is 4.60 Å². The van der Waals surface area contributed by atoms with Crippen LogP contribution in [0.3, 0.4) is 0 Å². The lowest BCUT2D eigenvalue weighted by molar-refractivity contribution is -0.144. The summed E-state index contributed by atoms with van der Waals surface area (Å²) in [5.41, 5.74) is 0.523. The number of halogens is 1. The molecular formula is C14H17BrN2O3. The first-order valence-corrected chi connectivity index (χ1v) is 7.50. The summed E-state index contributed by atoms with van der Waals surface area (Å²) >= 11 is 3.22. The van der Waals surface area contributed by atoms with Crippen molar-refractivity contribution < 1.29 is 14.7 Å². The van der Waals surface area contributed by atoms with E-state index in [0.717, 1.165) is 19.3 Å². The third-order valence-corrected chi connectivity index (χ3v) is 4.17. The molecule has 2 atom stereocenters. The number of carboxylic acid groups (broad SMARTS) is 1. The van der Waals surface area contributed by atoms with Crippen molar-refractivity contribution >= 4 is 27.8 Å². The van der Waals surface area contributed by atoms with Crippen LogP contribution >= 0.6 is 15.9 Å². The summed E-state index contributed by atoms with van der Waals surface area (Å²) in [7, 11) is 0. The SMILES string of the molecule is O=C(NCC1CCCCC1C(=O)O)c1ccnc(Br)c1. The summed E-state index contributed by atoms with van der Waals surface area (Å²) in [6.07, 6.45) is 5.11. The second kappa shape index (κ2) is 6.83. The molecular weight excluding hydrogens is 324 g/mol. The fourth-order valence-corrected chi connectivity index (χ4v) is 3.01. The predicted octanol–water partition coefficient (Wildman–Crippen LogP) is 2.46. The zero-order valence-corrected chi connectivity index (χ0v) is 12.6. The first-order chi connectivity index (χ1) is 9.58. The Morgan fingerprint density at radius 1 is 1.40 bits per heavy atom. The van der Waals surface area contributed by atoms with E-state index < -0.39 is 5.97 Å². The third kappa shape index (κ3) is 3.79. The molecule has 0 aromatic carbocycles. The maximum atomic E-state index is 12.0. The lowest BCUT2D eigenvalue weighted by Gasteiger charge is -2.28. The van der Waals surface area contributed by atoms with E-state index in [4.69, 9.17) is 0 Å². The van der Waals surface area contributed by atoms with E-state index in [1.54, 1.807) is 18.3 Å². The van der Waals surface area contributed by atoms with E-state index in [0.29, 0.717) is 23.1 Å². The van der Waals surface area contributed by atoms with Gasteiger partial charge in [-0.05, 0) is 46.8 Å². The van der Waals surface area contributed by atoms with Gasteiger partial charge < -0.3 is 10.4 Å². The van der Waals surface area contributed by atoms with Crippen LogP contribution in [0, 0.1) is 11.8 Å². The van der Waals surface area contributed by atoms with Crippen LogP contribution in [0.4, 0.5) is 0 Å². The molecule has 20 heavy (non-hydrogen) atoms. The number of carbonyl (C=O) groups excluding carboxylic acids is 1. The van der Waals surface area contributed by atoms with E-state index >= 15 is 0 Å². The number of pyridine rings is 1. The lowest BCUT2D eigenvalue weighted by atomic mass is 9.79. The van der Waals surface area contributed by atoms with Gasteiger partial charge in [0, 0.05) is 18.3 Å². The van der Waals surface area contributed by atoms with Gasteiger partial charge in [0.05, 0.1) is 5.92 Å². The van der Waals surface area contributed by atoms with Crippen LogP contribution in [0.5, 0.6) is 0 Å². The molecule has 5 nitrogen and oxygen atoms in total. The molecule has 1 aliphatic carbocycles. The molecule has 0 spiro atoms. The average Bonchev–Trinajstić information content (AvgIpc) is 2.45. The van der Waals surface area contributed by atoms with E-state index in [2.05, 4.69) is 26.2 Å². The highest BCUT2D eigenvalue weighted by Gasteiger charge is 2.30. The maximum absolute atomic E-state index is 12.0. The molecule has 0 bridgehead atoms. The number of nitrogens with zero attached hydrogens (tertiary/aromatic N) is 1. The van der Waals surface area contributed by atoms with Crippen LogP contribution < -0.4 is 5.32 Å². The highest BCUT2D eigenvalue weighted by atomic mass is 79.9. The first kappa shape index (κ1) is 15.0. The van der Waals surface area contributed by atoms with Crippen molar-refractivity contribution in [2.24, 2.45) is 11.8 Å². The van der Waals surface area contributed by atoms with Gasteiger partial charge in [0.15, 0.2) is 0 Å². The molecule has 6 heteroatoms. The molecule has 1 aromatic heterocycles. The van der Waals surface area contributed by atoms with Crippen molar-refractivity contribution in [1.82, 2.24) is 10.3 Å². The molecule has 0 saturated heterocycles. The van der Waals surface area contributed by atoms with E-state index in [1.807, 2.05) is 0 Å². The van der Waals surface area contributed by atoms with Crippen LogP contribution in [-0.4, -0.2) is 28.5 Å². The Morgan fingerprint density at radius 3 is 2.85 bits per heavy atom. The number of hydrogen-bond acceptors (Lipinski definition) is 3. The number of aromatic nitrogens is 1. The van der Waals surface area contributed by atoms with Crippen LogP contribution in [0.2, 0.25) is 0 Å². The Balaban J connectivity index is 1.93. The van der Waals surface area contributed by atoms with Crippen LogP contribution in [0.1, 0.15) is 36.0 Å². The summed E-state index contributed by atoms with van der Waals surface area (Å²) in [5.74, 6) is -1.26. The Bertz CT molecular complexity index is 507. The maximum Gasteiger partial charge on any atom is 0.306 e. The van der Waals surface area contributed by atoms with E-state index in [9.17, 15) is 14.7 Å². The predicted molar refractivity (Wildman–Crippen MR) is 77.4 cm³/mol. The normalized spacial score (nSPS) is 22.2. The zero-order chi connectivity index (χ0) is 14.5. The minimum atomic E-state index is -0.754. The summed E-state index contributed by atoms with van der Waals surface area (Å²) < 4.78 is 0.603. The van der Waals surface area contributed by atoms with Crippen molar-refractivity contribution in [3.05, 3.63) is 28.5 Å². The molecule has 0 radical (unpaired) electrons. The topological polar surface area (TPSA) is 79.3 Å². The number of amides is 1. The molecule has 1 saturated carbocycles. The molecule has 1 aromatic rings. The van der Waals surface area contributed by atoms with Crippen LogP contribution in [-0.2, 0) is 4.79 Å². The Labute approximate surface area is 125 Å². The highest BCUT2D eigenvalue weighted by Crippen LogP contribution is 2.29. The largest absolute Gasteiger partial charge is 0.481 e. The number of carboxylic acids is 1. The quantitative estimate of drug-likeness (QED) is 0.825. The zero-order valence-electron chi connectivity index (χ0n) is 11.0. The van der Waals surface area contributed by atoms with E-state index in [1.165, 1.54) is 0 Å². The summed E-state index contributed by atoms with van der Waals surface area (Å²) in [5, 5.41) is 12.0. The summed E-state index contributed by atoms with van der Waals surface area (Å²) in [6, 6.07) is 3.28. The number of hydrogen-bond donors (Lipinski definition) is 2. The molecule has 1 amide bonds. The van der Waals surface area contributed by atoms with Crippen molar-refractivity contribution in [1.29, 1.82) is 0 Å². The third-order valence-electron chi connectivity index (χ3n) is 3.74. The standard InChI is InChI=1S/C14H17BrN2O3/c15-12-7-9(5-6-16-12)13(18)17-8-10-3-1-2-4-11(10)14(19)20/h5-7,10-11H,1-4,8H2,(H,17,18)(H,19,20). The van der Waals surface area contributed by atoms with Gasteiger partial charge >= 0.3 is 5.97 Å². The fraction of sp³-hybridized carbons (Fsp3) is 0.500. The average molecular weight is 341 g/mol. The number of rotatable bonds is 4. The minimum absolute atomic E-state index is 0.0236. The van der Waals surface area contributed by atoms with Gasteiger partial charge in [-0.1, -0.05) is 12.8 Å². The van der Waals surface area contributed by atoms with Gasteiger partial charge in [-0.25, -0.2) is 4.98 Å². The Kier molecular flexibility index (Phi) is 5.11. The minimum Gasteiger partial charge on any atom is -0.481 e. The van der Waals surface area contributed by atoms with Gasteiger partial charge in [-0.2, -0.15) is 0 Å². The molecule has 1 heterocycles. The number of aliphatic carboxylic acids is 1. The Hall–Kier alpha value is -1.43. The molecule has 1 aliphatic rings. The van der Waals surface area contributed by atoms with Crippen molar-refractivity contribution in [3.63, 3.8) is 0 Å².